The number of nitrogens with zero attached hydrogens (tertiary/aromatic N) is 1. The van der Waals surface area contributed by atoms with Crippen LogP contribution in [0.25, 0.3) is 0 Å². The molecular formula is C25H31FN2O4. The minimum atomic E-state index is -0.482. The standard InChI is InChI=1S/C25H31FN2O4/c1-31-22-9-7-19(17-23(22)32-2)11-14-27-24(29)10-8-18-12-15-28(16-13-18)25(30)20-5-3-4-6-21(20)26/h3-7,9,17-18H,8,10-16H2,1-2H3,(H,27,29). The molecule has 1 heterocycles. The van der Waals surface area contributed by atoms with Gasteiger partial charge in [0.15, 0.2) is 11.5 Å². The van der Waals surface area contributed by atoms with Crippen molar-refractivity contribution < 1.29 is 23.5 Å². The molecule has 0 unspecified atom stereocenters. The third-order valence-corrected chi connectivity index (χ3v) is 5.97. The highest BCUT2D eigenvalue weighted by Gasteiger charge is 2.25. The maximum atomic E-state index is 13.9. The number of ether oxygens (including phenoxy) is 2. The van der Waals surface area contributed by atoms with E-state index in [1.807, 2.05) is 18.2 Å². The van der Waals surface area contributed by atoms with Crippen molar-refractivity contribution in [2.75, 3.05) is 33.9 Å². The molecule has 2 aromatic rings. The van der Waals surface area contributed by atoms with Crippen LogP contribution in [0.5, 0.6) is 11.5 Å². The van der Waals surface area contributed by atoms with Crippen LogP contribution in [-0.4, -0.2) is 50.6 Å². The number of benzene rings is 2. The van der Waals surface area contributed by atoms with Crippen molar-refractivity contribution in [1.29, 1.82) is 0 Å². The molecule has 0 bridgehead atoms. The molecule has 0 saturated carbocycles. The number of carbonyl (C=O) groups is 2. The van der Waals surface area contributed by atoms with Crippen LogP contribution in [0.1, 0.15) is 41.6 Å². The highest BCUT2D eigenvalue weighted by molar-refractivity contribution is 5.94. The van der Waals surface area contributed by atoms with E-state index in [-0.39, 0.29) is 17.4 Å². The van der Waals surface area contributed by atoms with Crippen molar-refractivity contribution in [3.63, 3.8) is 0 Å². The summed E-state index contributed by atoms with van der Waals surface area (Å²) in [5.74, 6) is 1.06. The highest BCUT2D eigenvalue weighted by atomic mass is 19.1. The third kappa shape index (κ3) is 6.22. The van der Waals surface area contributed by atoms with Crippen LogP contribution in [0.3, 0.4) is 0 Å². The largest absolute Gasteiger partial charge is 0.493 e. The Kier molecular flexibility index (Phi) is 8.48. The van der Waals surface area contributed by atoms with E-state index in [2.05, 4.69) is 5.32 Å². The van der Waals surface area contributed by atoms with Gasteiger partial charge >= 0.3 is 0 Å². The first-order valence-electron chi connectivity index (χ1n) is 11.0. The van der Waals surface area contributed by atoms with Crippen molar-refractivity contribution in [3.05, 3.63) is 59.4 Å². The summed E-state index contributed by atoms with van der Waals surface area (Å²) in [5.41, 5.74) is 1.19. The molecule has 2 aromatic carbocycles. The third-order valence-electron chi connectivity index (χ3n) is 5.97. The molecule has 1 aliphatic rings. The van der Waals surface area contributed by atoms with Gasteiger partial charge in [-0.05, 0) is 61.4 Å². The van der Waals surface area contributed by atoms with E-state index < -0.39 is 5.82 Å². The van der Waals surface area contributed by atoms with Gasteiger partial charge in [0.1, 0.15) is 5.82 Å². The van der Waals surface area contributed by atoms with Crippen LogP contribution in [0.15, 0.2) is 42.5 Å². The summed E-state index contributed by atoms with van der Waals surface area (Å²) in [5, 5.41) is 2.97. The molecular weight excluding hydrogens is 411 g/mol. The average Bonchev–Trinajstić information content (AvgIpc) is 2.83. The van der Waals surface area contributed by atoms with Gasteiger partial charge in [-0.2, -0.15) is 0 Å². The predicted octanol–water partition coefficient (Wildman–Crippen LogP) is 3.83. The van der Waals surface area contributed by atoms with Crippen molar-refractivity contribution >= 4 is 11.8 Å². The Hall–Kier alpha value is -3.09. The van der Waals surface area contributed by atoms with Crippen LogP contribution < -0.4 is 14.8 Å². The maximum absolute atomic E-state index is 13.9. The van der Waals surface area contributed by atoms with E-state index in [9.17, 15) is 14.0 Å². The van der Waals surface area contributed by atoms with Gasteiger partial charge in [0, 0.05) is 26.1 Å². The second kappa shape index (κ2) is 11.5. The molecule has 0 aliphatic carbocycles. The van der Waals surface area contributed by atoms with Crippen molar-refractivity contribution in [2.24, 2.45) is 5.92 Å². The normalized spacial score (nSPS) is 14.2. The van der Waals surface area contributed by atoms with Crippen molar-refractivity contribution in [3.8, 4) is 11.5 Å². The van der Waals surface area contributed by atoms with E-state index in [0.29, 0.717) is 49.9 Å². The zero-order chi connectivity index (χ0) is 22.9. The minimum absolute atomic E-state index is 0.0374. The van der Waals surface area contributed by atoms with Gasteiger partial charge in [0.25, 0.3) is 5.91 Å². The maximum Gasteiger partial charge on any atom is 0.256 e. The monoisotopic (exact) mass is 442 g/mol. The van der Waals surface area contributed by atoms with Crippen molar-refractivity contribution in [1.82, 2.24) is 10.2 Å². The molecule has 1 N–H and O–H groups in total. The van der Waals surface area contributed by atoms with Crippen molar-refractivity contribution in [2.45, 2.75) is 32.1 Å². The summed E-state index contributed by atoms with van der Waals surface area (Å²) < 4.78 is 24.4. The van der Waals surface area contributed by atoms with Gasteiger partial charge in [-0.25, -0.2) is 4.39 Å². The Morgan fingerprint density at radius 3 is 2.47 bits per heavy atom. The van der Waals surface area contributed by atoms with Crippen LogP contribution in [-0.2, 0) is 11.2 Å². The molecule has 32 heavy (non-hydrogen) atoms. The number of hydrogen-bond donors (Lipinski definition) is 1. The van der Waals surface area contributed by atoms with E-state index in [1.165, 1.54) is 12.1 Å². The van der Waals surface area contributed by atoms with Gasteiger partial charge in [-0.1, -0.05) is 18.2 Å². The molecule has 1 aliphatic heterocycles. The number of hydrogen-bond acceptors (Lipinski definition) is 4. The SMILES string of the molecule is COc1ccc(CCNC(=O)CCC2CCN(C(=O)c3ccccc3F)CC2)cc1OC. The van der Waals surface area contributed by atoms with Crippen LogP contribution >= 0.6 is 0 Å². The lowest BCUT2D eigenvalue weighted by atomic mass is 9.91. The summed E-state index contributed by atoms with van der Waals surface area (Å²) >= 11 is 0. The topological polar surface area (TPSA) is 67.9 Å². The van der Waals surface area contributed by atoms with E-state index in [0.717, 1.165) is 24.8 Å². The Morgan fingerprint density at radius 1 is 1.06 bits per heavy atom. The molecule has 0 atom stereocenters. The van der Waals surface area contributed by atoms with Gasteiger partial charge < -0.3 is 19.7 Å². The van der Waals surface area contributed by atoms with Gasteiger partial charge in [-0.15, -0.1) is 0 Å². The molecule has 2 amide bonds. The molecule has 6 nitrogen and oxygen atoms in total. The van der Waals surface area contributed by atoms with E-state index >= 15 is 0 Å². The lowest BCUT2D eigenvalue weighted by Crippen LogP contribution is -2.39. The molecule has 0 spiro atoms. The lowest BCUT2D eigenvalue weighted by molar-refractivity contribution is -0.121. The number of halogens is 1. The van der Waals surface area contributed by atoms with E-state index in [1.54, 1.807) is 31.3 Å². The first kappa shape index (κ1) is 23.6. The first-order chi connectivity index (χ1) is 15.5. The molecule has 0 radical (unpaired) electrons. The number of rotatable bonds is 9. The molecule has 1 saturated heterocycles. The predicted molar refractivity (Wildman–Crippen MR) is 121 cm³/mol. The number of amides is 2. The summed E-state index contributed by atoms with van der Waals surface area (Å²) in [6.45, 7) is 1.75. The molecule has 172 valence electrons. The van der Waals surface area contributed by atoms with Crippen LogP contribution in [0.2, 0.25) is 0 Å². The average molecular weight is 443 g/mol. The minimum Gasteiger partial charge on any atom is -0.493 e. The zero-order valence-corrected chi connectivity index (χ0v) is 18.7. The number of carbonyl (C=O) groups excluding carboxylic acids is 2. The number of nitrogens with one attached hydrogen (secondary N) is 1. The van der Waals surface area contributed by atoms with Gasteiger partial charge in [0.2, 0.25) is 5.91 Å². The number of piperidine rings is 1. The second-order valence-corrected chi connectivity index (χ2v) is 8.04. The Labute approximate surface area is 188 Å². The van der Waals surface area contributed by atoms with Gasteiger partial charge in [0.05, 0.1) is 19.8 Å². The molecule has 3 rings (SSSR count). The number of methoxy groups -OCH3 is 2. The first-order valence-corrected chi connectivity index (χ1v) is 11.0. The molecule has 1 fully saturated rings. The summed E-state index contributed by atoms with van der Waals surface area (Å²) in [6.07, 6.45) is 3.64. The Morgan fingerprint density at radius 2 is 1.78 bits per heavy atom. The Balaban J connectivity index is 1.35. The fourth-order valence-corrected chi connectivity index (χ4v) is 4.04. The molecule has 0 aromatic heterocycles. The fraction of sp³-hybridized carbons (Fsp3) is 0.440. The summed E-state index contributed by atoms with van der Waals surface area (Å²) in [6, 6.07) is 11.8. The van der Waals surface area contributed by atoms with Crippen LogP contribution in [0, 0.1) is 11.7 Å². The second-order valence-electron chi connectivity index (χ2n) is 8.04. The molecule has 7 heteroatoms. The summed E-state index contributed by atoms with van der Waals surface area (Å²) in [7, 11) is 3.20. The quantitative estimate of drug-likeness (QED) is 0.641. The fourth-order valence-electron chi connectivity index (χ4n) is 4.04. The van der Waals surface area contributed by atoms with Crippen LogP contribution in [0.4, 0.5) is 4.39 Å². The van der Waals surface area contributed by atoms with Gasteiger partial charge in [-0.3, -0.25) is 9.59 Å². The number of likely N-dealkylation sites (tertiary alicyclic amines) is 1. The zero-order valence-electron chi connectivity index (χ0n) is 18.7. The lowest BCUT2D eigenvalue weighted by Gasteiger charge is -2.32. The Bertz CT molecular complexity index is 926. The van der Waals surface area contributed by atoms with E-state index in [4.69, 9.17) is 9.47 Å². The smallest absolute Gasteiger partial charge is 0.256 e. The highest BCUT2D eigenvalue weighted by Crippen LogP contribution is 2.27. The summed E-state index contributed by atoms with van der Waals surface area (Å²) in [4.78, 5) is 26.5.